The molecule has 0 saturated carbocycles. The lowest BCUT2D eigenvalue weighted by atomic mass is 9.95. The van der Waals surface area contributed by atoms with Crippen molar-refractivity contribution in [3.05, 3.63) is 41.7 Å². The number of rotatable bonds is 4. The van der Waals surface area contributed by atoms with Crippen LogP contribution < -0.4 is 0 Å². The maximum atomic E-state index is 12.3. The minimum atomic E-state index is -3.41. The summed E-state index contributed by atoms with van der Waals surface area (Å²) in [5.41, 5.74) is 0.596. The number of hydrogen-bond donors (Lipinski definition) is 0. The number of ketones is 1. The molecule has 1 aromatic carbocycles. The molecule has 0 radical (unpaired) electrons. The minimum absolute atomic E-state index is 0.0605. The van der Waals surface area contributed by atoms with Crippen LogP contribution >= 0.6 is 0 Å². The summed E-state index contributed by atoms with van der Waals surface area (Å²) in [7, 11) is -3.41. The van der Waals surface area contributed by atoms with Gasteiger partial charge >= 0.3 is 0 Å². The first-order valence-corrected chi connectivity index (χ1v) is 8.14. The smallest absolute Gasteiger partial charge is 0.182 e. The molecule has 5 heteroatoms. The van der Waals surface area contributed by atoms with E-state index >= 15 is 0 Å². The van der Waals surface area contributed by atoms with Crippen LogP contribution in [-0.2, 0) is 19.4 Å². The van der Waals surface area contributed by atoms with Crippen LogP contribution in [0.1, 0.15) is 20.8 Å². The second-order valence-corrected chi connectivity index (χ2v) is 7.10. The minimum Gasteiger partial charge on any atom is -0.493 e. The fraction of sp³-hybridized carbons (Fsp3) is 0.400. The molecule has 0 spiro atoms. The van der Waals surface area contributed by atoms with Crippen LogP contribution in [0.2, 0.25) is 0 Å². The average Bonchev–Trinajstić information content (AvgIpc) is 2.64. The maximum absolute atomic E-state index is 12.3. The van der Waals surface area contributed by atoms with Crippen molar-refractivity contribution in [2.45, 2.75) is 31.8 Å². The highest BCUT2D eigenvalue weighted by molar-refractivity contribution is 7.91. The summed E-state index contributed by atoms with van der Waals surface area (Å²) in [6.07, 6.45) is -0.501. The van der Waals surface area contributed by atoms with Gasteiger partial charge in [-0.1, -0.05) is 25.1 Å². The molecular formula is C15H18O4S. The van der Waals surface area contributed by atoms with Crippen LogP contribution in [0.4, 0.5) is 0 Å². The molecule has 4 nitrogen and oxygen atoms in total. The summed E-state index contributed by atoms with van der Waals surface area (Å²) in [4.78, 5) is 11.8. The monoisotopic (exact) mass is 294 g/mol. The Morgan fingerprint density at radius 1 is 1.25 bits per heavy atom. The number of carbonyl (C=O) groups excluding carboxylic acids is 1. The van der Waals surface area contributed by atoms with Crippen molar-refractivity contribution in [1.29, 1.82) is 0 Å². The molecule has 0 N–H and O–H groups in total. The second-order valence-electron chi connectivity index (χ2n) is 5.07. The van der Waals surface area contributed by atoms with Gasteiger partial charge in [0.25, 0.3) is 0 Å². The standard InChI is InChI=1S/C15H18O4S/c1-10-14(19-12(3)15(10)11(2)16)9-20(17,18)13-7-5-4-6-8-13/h4-8,10,14H,9H2,1-3H3/t10-,14-/m1/s1. The number of benzene rings is 1. The fourth-order valence-electron chi connectivity index (χ4n) is 2.59. The number of ether oxygens (including phenoxy) is 1. The van der Waals surface area contributed by atoms with Gasteiger partial charge in [0.1, 0.15) is 11.9 Å². The quantitative estimate of drug-likeness (QED) is 0.855. The topological polar surface area (TPSA) is 60.4 Å². The Kier molecular flexibility index (Phi) is 3.99. The number of hydrogen-bond acceptors (Lipinski definition) is 4. The van der Waals surface area contributed by atoms with E-state index in [1.165, 1.54) is 6.92 Å². The average molecular weight is 294 g/mol. The van der Waals surface area contributed by atoms with Gasteiger partial charge in [-0.3, -0.25) is 4.79 Å². The summed E-state index contributed by atoms with van der Waals surface area (Å²) >= 11 is 0. The zero-order valence-corrected chi connectivity index (χ0v) is 12.6. The van der Waals surface area contributed by atoms with Crippen molar-refractivity contribution < 1.29 is 17.9 Å². The molecule has 108 valence electrons. The van der Waals surface area contributed by atoms with Crippen LogP contribution in [0.15, 0.2) is 46.6 Å². The zero-order valence-electron chi connectivity index (χ0n) is 11.8. The molecule has 2 atom stereocenters. The molecule has 0 aliphatic carbocycles. The number of carbonyl (C=O) groups is 1. The third-order valence-corrected chi connectivity index (χ3v) is 5.34. The van der Waals surface area contributed by atoms with Crippen molar-refractivity contribution in [2.75, 3.05) is 5.75 Å². The van der Waals surface area contributed by atoms with E-state index in [9.17, 15) is 13.2 Å². The van der Waals surface area contributed by atoms with Gasteiger partial charge in [0.2, 0.25) is 0 Å². The second kappa shape index (κ2) is 5.40. The highest BCUT2D eigenvalue weighted by atomic mass is 32.2. The van der Waals surface area contributed by atoms with Crippen LogP contribution in [0.3, 0.4) is 0 Å². The van der Waals surface area contributed by atoms with Gasteiger partial charge in [0.05, 0.1) is 10.6 Å². The van der Waals surface area contributed by atoms with Gasteiger partial charge < -0.3 is 4.74 Å². The Morgan fingerprint density at radius 2 is 1.85 bits per heavy atom. The van der Waals surface area contributed by atoms with Crippen molar-refractivity contribution in [1.82, 2.24) is 0 Å². The molecule has 1 aliphatic heterocycles. The maximum Gasteiger partial charge on any atom is 0.182 e. The summed E-state index contributed by atoms with van der Waals surface area (Å²) in [5.74, 6) is 0.158. The Bertz CT molecular complexity index is 644. The molecule has 2 rings (SSSR count). The fourth-order valence-corrected chi connectivity index (χ4v) is 4.14. The van der Waals surface area contributed by atoms with Gasteiger partial charge in [-0.2, -0.15) is 0 Å². The predicted molar refractivity (Wildman–Crippen MR) is 75.9 cm³/mol. The molecule has 20 heavy (non-hydrogen) atoms. The van der Waals surface area contributed by atoms with Crippen molar-refractivity contribution >= 4 is 15.6 Å². The van der Waals surface area contributed by atoms with Gasteiger partial charge in [-0.15, -0.1) is 0 Å². The number of allylic oxidation sites excluding steroid dienone is 1. The first-order chi connectivity index (χ1) is 9.33. The number of sulfone groups is 1. The van der Waals surface area contributed by atoms with Crippen LogP contribution in [0.5, 0.6) is 0 Å². The predicted octanol–water partition coefficient (Wildman–Crippen LogP) is 2.36. The first-order valence-electron chi connectivity index (χ1n) is 6.49. The molecule has 0 fully saturated rings. The van der Waals surface area contributed by atoms with Gasteiger partial charge in [0, 0.05) is 11.5 Å². The van der Waals surface area contributed by atoms with E-state index in [0.717, 1.165) is 0 Å². The van der Waals surface area contributed by atoms with E-state index < -0.39 is 15.9 Å². The molecule has 1 heterocycles. The van der Waals surface area contributed by atoms with E-state index in [2.05, 4.69) is 0 Å². The summed E-state index contributed by atoms with van der Waals surface area (Å²) in [6, 6.07) is 8.29. The van der Waals surface area contributed by atoms with E-state index in [1.807, 2.05) is 6.92 Å². The van der Waals surface area contributed by atoms with Crippen molar-refractivity contribution in [3.63, 3.8) is 0 Å². The largest absolute Gasteiger partial charge is 0.493 e. The van der Waals surface area contributed by atoms with Crippen molar-refractivity contribution in [2.24, 2.45) is 5.92 Å². The van der Waals surface area contributed by atoms with Gasteiger partial charge in [-0.05, 0) is 26.0 Å². The lowest BCUT2D eigenvalue weighted by molar-refractivity contribution is -0.114. The SMILES string of the molecule is CC(=O)C1=C(C)O[C@H](CS(=O)(=O)c2ccccc2)[C@H]1C. The van der Waals surface area contributed by atoms with Gasteiger partial charge in [0.15, 0.2) is 15.6 Å². The van der Waals surface area contributed by atoms with E-state index in [1.54, 1.807) is 37.3 Å². The lowest BCUT2D eigenvalue weighted by Gasteiger charge is -2.17. The van der Waals surface area contributed by atoms with E-state index in [4.69, 9.17) is 4.74 Å². The van der Waals surface area contributed by atoms with Crippen molar-refractivity contribution in [3.8, 4) is 0 Å². The highest BCUT2D eigenvalue weighted by Gasteiger charge is 2.37. The Morgan fingerprint density at radius 3 is 2.35 bits per heavy atom. The normalized spacial score (nSPS) is 22.8. The first kappa shape index (κ1) is 14.8. The molecule has 0 bridgehead atoms. The lowest BCUT2D eigenvalue weighted by Crippen LogP contribution is -2.27. The third-order valence-electron chi connectivity index (χ3n) is 3.59. The zero-order chi connectivity index (χ0) is 14.9. The Labute approximate surface area is 119 Å². The molecule has 0 unspecified atom stereocenters. The molecule has 0 saturated heterocycles. The van der Waals surface area contributed by atoms with E-state index in [0.29, 0.717) is 11.3 Å². The van der Waals surface area contributed by atoms with E-state index in [-0.39, 0.29) is 22.3 Å². The molecule has 0 aromatic heterocycles. The third kappa shape index (κ3) is 2.77. The Balaban J connectivity index is 2.20. The van der Waals surface area contributed by atoms with Gasteiger partial charge in [-0.25, -0.2) is 8.42 Å². The summed E-state index contributed by atoms with van der Waals surface area (Å²) in [6.45, 7) is 5.02. The van der Waals surface area contributed by atoms with Crippen LogP contribution in [0, 0.1) is 5.92 Å². The highest BCUT2D eigenvalue weighted by Crippen LogP contribution is 2.33. The molecule has 0 amide bonds. The summed E-state index contributed by atoms with van der Waals surface area (Å²) < 4.78 is 30.3. The summed E-state index contributed by atoms with van der Waals surface area (Å²) in [5, 5.41) is 0. The molecular weight excluding hydrogens is 276 g/mol. The number of Topliss-reactive ketones (excluding diaryl/α,β-unsaturated/α-hetero) is 1. The Hall–Kier alpha value is -1.62. The molecule has 1 aliphatic rings. The molecule has 1 aromatic rings. The van der Waals surface area contributed by atoms with Crippen LogP contribution in [0.25, 0.3) is 0 Å². The van der Waals surface area contributed by atoms with Crippen LogP contribution in [-0.4, -0.2) is 26.1 Å².